The number of benzene rings is 1. The highest BCUT2D eigenvalue weighted by Gasteiger charge is 2.33. The Kier molecular flexibility index (Phi) is 7.02. The maximum Gasteiger partial charge on any atom is 0.339 e. The molecular formula is C17H22Cl3NO2. The zero-order chi connectivity index (χ0) is 15.5. The molecule has 2 aliphatic heterocycles. The molecule has 2 heterocycles. The van der Waals surface area contributed by atoms with Gasteiger partial charge in [-0.05, 0) is 57.0 Å². The highest BCUT2D eigenvalue weighted by Crippen LogP contribution is 2.31. The lowest BCUT2D eigenvalue weighted by atomic mass is 9.84. The van der Waals surface area contributed by atoms with E-state index in [0.29, 0.717) is 34.2 Å². The Balaban J connectivity index is 0.00000192. The molecule has 3 nitrogen and oxygen atoms in total. The summed E-state index contributed by atoms with van der Waals surface area (Å²) < 4.78 is 5.54. The minimum Gasteiger partial charge on any atom is -0.462 e. The third-order valence-electron chi connectivity index (χ3n) is 4.81. The van der Waals surface area contributed by atoms with Gasteiger partial charge in [-0.25, -0.2) is 4.79 Å². The molecule has 0 radical (unpaired) electrons. The van der Waals surface area contributed by atoms with Crippen LogP contribution < -0.4 is 0 Å². The van der Waals surface area contributed by atoms with Gasteiger partial charge >= 0.3 is 5.97 Å². The fraction of sp³-hybridized carbons (Fsp3) is 0.588. The van der Waals surface area contributed by atoms with Gasteiger partial charge in [0.2, 0.25) is 0 Å². The summed E-state index contributed by atoms with van der Waals surface area (Å²) in [5.74, 6) is 0.0960. The normalized spacial score (nSPS) is 24.4. The molecule has 3 rings (SSSR count). The molecule has 0 spiro atoms. The summed E-state index contributed by atoms with van der Waals surface area (Å²) in [7, 11) is 0. The van der Waals surface area contributed by atoms with Crippen LogP contribution in [0.4, 0.5) is 0 Å². The first kappa shape index (κ1) is 18.9. The molecule has 2 unspecified atom stereocenters. The zero-order valence-corrected chi connectivity index (χ0v) is 15.3. The van der Waals surface area contributed by atoms with Gasteiger partial charge in [0.15, 0.2) is 0 Å². The fourth-order valence-electron chi connectivity index (χ4n) is 3.69. The second-order valence-electron chi connectivity index (χ2n) is 6.22. The Labute approximate surface area is 153 Å². The maximum absolute atomic E-state index is 12.2. The summed E-state index contributed by atoms with van der Waals surface area (Å²) in [6.07, 6.45) is 6.14. The smallest absolute Gasteiger partial charge is 0.339 e. The monoisotopic (exact) mass is 377 g/mol. The molecule has 1 aromatic rings. The van der Waals surface area contributed by atoms with Crippen molar-refractivity contribution >= 4 is 41.6 Å². The van der Waals surface area contributed by atoms with Crippen molar-refractivity contribution in [2.24, 2.45) is 5.92 Å². The second-order valence-corrected chi connectivity index (χ2v) is 7.07. The molecule has 23 heavy (non-hydrogen) atoms. The molecule has 0 saturated carbocycles. The van der Waals surface area contributed by atoms with Crippen LogP contribution in [0.1, 0.15) is 42.5 Å². The first-order chi connectivity index (χ1) is 10.6. The Hall–Kier alpha value is -0.480. The van der Waals surface area contributed by atoms with E-state index in [9.17, 15) is 4.79 Å². The van der Waals surface area contributed by atoms with E-state index in [4.69, 9.17) is 27.9 Å². The number of rotatable bonds is 3. The average Bonchev–Trinajstić information content (AvgIpc) is 2.52. The quantitative estimate of drug-likeness (QED) is 0.705. The van der Waals surface area contributed by atoms with E-state index in [0.717, 1.165) is 6.42 Å². The number of nitrogens with zero attached hydrogens (tertiary/aromatic N) is 1. The van der Waals surface area contributed by atoms with Crippen molar-refractivity contribution in [1.29, 1.82) is 0 Å². The Morgan fingerprint density at radius 2 is 1.96 bits per heavy atom. The van der Waals surface area contributed by atoms with Gasteiger partial charge in [-0.15, -0.1) is 12.4 Å². The van der Waals surface area contributed by atoms with E-state index < -0.39 is 0 Å². The van der Waals surface area contributed by atoms with E-state index >= 15 is 0 Å². The third kappa shape index (κ3) is 4.54. The number of piperidine rings is 2. The zero-order valence-electron chi connectivity index (χ0n) is 13.0. The first-order valence-corrected chi connectivity index (χ1v) is 8.77. The molecule has 2 atom stereocenters. The molecule has 0 aromatic heterocycles. The van der Waals surface area contributed by atoms with Crippen LogP contribution in [0.3, 0.4) is 0 Å². The van der Waals surface area contributed by atoms with Crippen molar-refractivity contribution < 1.29 is 9.53 Å². The highest BCUT2D eigenvalue weighted by atomic mass is 35.5. The lowest BCUT2D eigenvalue weighted by Gasteiger charge is -2.44. The topological polar surface area (TPSA) is 29.5 Å². The average molecular weight is 379 g/mol. The van der Waals surface area contributed by atoms with Crippen LogP contribution in [0.25, 0.3) is 0 Å². The van der Waals surface area contributed by atoms with Crippen LogP contribution >= 0.6 is 35.6 Å². The molecule has 2 saturated heterocycles. The predicted octanol–water partition coefficient (Wildman–Crippen LogP) is 4.84. The van der Waals surface area contributed by atoms with Crippen LogP contribution in [0, 0.1) is 5.92 Å². The summed E-state index contributed by atoms with van der Waals surface area (Å²) in [5, 5.41) is 0.868. The van der Waals surface area contributed by atoms with Gasteiger partial charge in [0.25, 0.3) is 0 Å². The van der Waals surface area contributed by atoms with Crippen molar-refractivity contribution in [1.82, 2.24) is 4.90 Å². The maximum atomic E-state index is 12.2. The molecule has 0 bridgehead atoms. The van der Waals surface area contributed by atoms with Crippen LogP contribution in [0.5, 0.6) is 0 Å². The van der Waals surface area contributed by atoms with Crippen molar-refractivity contribution in [3.8, 4) is 0 Å². The van der Waals surface area contributed by atoms with Gasteiger partial charge in [0.05, 0.1) is 17.2 Å². The van der Waals surface area contributed by atoms with Crippen LogP contribution in [-0.2, 0) is 4.74 Å². The lowest BCUT2D eigenvalue weighted by Crippen LogP contribution is -2.49. The second kappa shape index (κ2) is 8.57. The fourth-order valence-corrected chi connectivity index (χ4v) is 4.17. The Morgan fingerprint density at radius 1 is 1.17 bits per heavy atom. The number of hydrogen-bond acceptors (Lipinski definition) is 3. The number of esters is 1. The van der Waals surface area contributed by atoms with E-state index in [1.807, 2.05) is 0 Å². The molecule has 1 aromatic carbocycles. The number of hydrogen-bond donors (Lipinski definition) is 0. The van der Waals surface area contributed by atoms with E-state index in [2.05, 4.69) is 4.90 Å². The molecule has 6 heteroatoms. The van der Waals surface area contributed by atoms with Crippen LogP contribution in [-0.4, -0.2) is 36.6 Å². The molecule has 2 fully saturated rings. The predicted molar refractivity (Wildman–Crippen MR) is 95.9 cm³/mol. The lowest BCUT2D eigenvalue weighted by molar-refractivity contribution is 0.00740. The van der Waals surface area contributed by atoms with Crippen LogP contribution in [0.15, 0.2) is 18.2 Å². The summed E-state index contributed by atoms with van der Waals surface area (Å²) in [4.78, 5) is 14.8. The van der Waals surface area contributed by atoms with Gasteiger partial charge in [0.1, 0.15) is 0 Å². The van der Waals surface area contributed by atoms with Gasteiger partial charge in [-0.1, -0.05) is 29.6 Å². The van der Waals surface area contributed by atoms with Crippen LogP contribution in [0.2, 0.25) is 10.0 Å². The minimum atomic E-state index is -0.352. The highest BCUT2D eigenvalue weighted by molar-refractivity contribution is 6.36. The molecule has 0 aliphatic carbocycles. The van der Waals surface area contributed by atoms with E-state index in [1.54, 1.807) is 18.2 Å². The number of carbonyl (C=O) groups is 1. The first-order valence-electron chi connectivity index (χ1n) is 8.01. The Morgan fingerprint density at radius 3 is 2.74 bits per heavy atom. The summed E-state index contributed by atoms with van der Waals surface area (Å²) in [6, 6.07) is 5.44. The summed E-state index contributed by atoms with van der Waals surface area (Å²) in [6.45, 7) is 2.87. The third-order valence-corrected chi connectivity index (χ3v) is 5.36. The largest absolute Gasteiger partial charge is 0.462 e. The Bertz CT molecular complexity index is 551. The molecule has 2 aliphatic rings. The molecular weight excluding hydrogens is 357 g/mol. The van der Waals surface area contributed by atoms with Crippen molar-refractivity contribution in [2.75, 3.05) is 19.7 Å². The van der Waals surface area contributed by atoms with Crippen molar-refractivity contribution in [3.05, 3.63) is 33.8 Å². The van der Waals surface area contributed by atoms with Crippen molar-refractivity contribution in [2.45, 2.75) is 38.1 Å². The van der Waals surface area contributed by atoms with Gasteiger partial charge < -0.3 is 4.74 Å². The number of halogens is 3. The van der Waals surface area contributed by atoms with Crippen molar-refractivity contribution in [3.63, 3.8) is 0 Å². The van der Waals surface area contributed by atoms with Gasteiger partial charge in [0, 0.05) is 17.0 Å². The van der Waals surface area contributed by atoms with Gasteiger partial charge in [-0.3, -0.25) is 4.90 Å². The molecule has 128 valence electrons. The minimum absolute atomic E-state index is 0. The number of fused-ring (bicyclic) bond motifs is 1. The summed E-state index contributed by atoms with van der Waals surface area (Å²) in [5.41, 5.74) is 0.391. The van der Waals surface area contributed by atoms with Gasteiger partial charge in [-0.2, -0.15) is 0 Å². The number of carbonyl (C=O) groups excluding carboxylic acids is 1. The standard InChI is InChI=1S/C17H21Cl2NO2.ClH/c18-13-6-7-14(15(19)10-13)17(21)22-11-12-4-3-9-20-8-2-1-5-16(12)20;/h6-7,10,12,16H,1-5,8-9,11H2;1H. The molecule has 0 amide bonds. The summed E-state index contributed by atoms with van der Waals surface area (Å²) >= 11 is 11.9. The SMILES string of the molecule is Cl.O=C(OCC1CCCN2CCCCC12)c1ccc(Cl)cc1Cl. The van der Waals surface area contributed by atoms with E-state index in [-0.39, 0.29) is 18.4 Å². The molecule has 0 N–H and O–H groups in total. The van der Waals surface area contributed by atoms with E-state index in [1.165, 1.54) is 38.8 Å². The number of ether oxygens (including phenoxy) is 1.